The van der Waals surface area contributed by atoms with Crippen molar-refractivity contribution in [3.8, 4) is 5.75 Å². The summed E-state index contributed by atoms with van der Waals surface area (Å²) in [7, 11) is 1.50. The molecule has 1 unspecified atom stereocenters. The normalized spacial score (nSPS) is 12.3. The zero-order valence-corrected chi connectivity index (χ0v) is 19.6. The zero-order valence-electron chi connectivity index (χ0n) is 17.3. The molecule has 172 valence electrons. The molecular weight excluding hydrogens is 526 g/mol. The van der Waals surface area contributed by atoms with Crippen molar-refractivity contribution in [2.45, 2.75) is 32.8 Å². The van der Waals surface area contributed by atoms with Gasteiger partial charge in [-0.2, -0.15) is 8.78 Å². The SMILES string of the molecule is CCNC(=NCc1ccc(F)c(COC)c1)NCC(O)c1ccc(OC(F)F)cc1.I. The molecule has 1 atom stereocenters. The van der Waals surface area contributed by atoms with Crippen molar-refractivity contribution in [3.05, 3.63) is 65.0 Å². The summed E-state index contributed by atoms with van der Waals surface area (Å²) in [4.78, 5) is 4.44. The van der Waals surface area contributed by atoms with Crippen LogP contribution in [0.3, 0.4) is 0 Å². The largest absolute Gasteiger partial charge is 0.435 e. The maximum atomic E-state index is 13.7. The third kappa shape index (κ3) is 9.32. The predicted molar refractivity (Wildman–Crippen MR) is 123 cm³/mol. The van der Waals surface area contributed by atoms with Crippen LogP contribution in [0.2, 0.25) is 0 Å². The number of nitrogens with zero attached hydrogens (tertiary/aromatic N) is 1. The molecule has 0 amide bonds. The number of hydrogen-bond donors (Lipinski definition) is 3. The molecular formula is C21H27F3IN3O3. The molecule has 0 spiro atoms. The minimum Gasteiger partial charge on any atom is -0.435 e. The quantitative estimate of drug-likeness (QED) is 0.236. The summed E-state index contributed by atoms with van der Waals surface area (Å²) in [6, 6.07) is 10.5. The first-order chi connectivity index (χ1) is 14.4. The van der Waals surface area contributed by atoms with Crippen LogP contribution < -0.4 is 15.4 Å². The lowest BCUT2D eigenvalue weighted by Gasteiger charge is -2.16. The van der Waals surface area contributed by atoms with Crippen LogP contribution in [0.25, 0.3) is 0 Å². The second kappa shape index (κ2) is 14.1. The molecule has 0 fully saturated rings. The number of aliphatic imine (C=N–C) groups is 1. The summed E-state index contributed by atoms with van der Waals surface area (Å²) < 4.78 is 47.4. The van der Waals surface area contributed by atoms with Crippen molar-refractivity contribution in [2.24, 2.45) is 4.99 Å². The summed E-state index contributed by atoms with van der Waals surface area (Å²) in [5, 5.41) is 16.4. The first-order valence-electron chi connectivity index (χ1n) is 9.44. The van der Waals surface area contributed by atoms with Gasteiger partial charge in [0.15, 0.2) is 5.96 Å². The molecule has 2 rings (SSSR count). The van der Waals surface area contributed by atoms with E-state index in [-0.39, 0.29) is 48.7 Å². The number of rotatable bonds is 10. The molecule has 0 aliphatic rings. The van der Waals surface area contributed by atoms with Crippen molar-refractivity contribution in [1.29, 1.82) is 0 Å². The number of halogens is 4. The average Bonchev–Trinajstić information content (AvgIpc) is 2.72. The third-order valence-corrected chi connectivity index (χ3v) is 4.13. The average molecular weight is 553 g/mol. The summed E-state index contributed by atoms with van der Waals surface area (Å²) >= 11 is 0. The fourth-order valence-corrected chi connectivity index (χ4v) is 2.69. The maximum absolute atomic E-state index is 13.7. The van der Waals surface area contributed by atoms with E-state index >= 15 is 0 Å². The number of nitrogens with one attached hydrogen (secondary N) is 2. The molecule has 3 N–H and O–H groups in total. The minimum absolute atomic E-state index is 0. The van der Waals surface area contributed by atoms with Crippen molar-refractivity contribution in [2.75, 3.05) is 20.2 Å². The lowest BCUT2D eigenvalue weighted by Crippen LogP contribution is -2.39. The number of alkyl halides is 2. The number of aliphatic hydroxyl groups excluding tert-OH is 1. The molecule has 0 aliphatic heterocycles. The van der Waals surface area contributed by atoms with Gasteiger partial charge in [0.1, 0.15) is 11.6 Å². The number of aliphatic hydroxyl groups is 1. The van der Waals surface area contributed by atoms with Gasteiger partial charge in [-0.15, -0.1) is 24.0 Å². The van der Waals surface area contributed by atoms with Crippen LogP contribution in [0.4, 0.5) is 13.2 Å². The number of ether oxygens (including phenoxy) is 2. The Kier molecular flexibility index (Phi) is 12.3. The van der Waals surface area contributed by atoms with Gasteiger partial charge in [-0.25, -0.2) is 9.38 Å². The molecule has 0 heterocycles. The second-order valence-corrected chi connectivity index (χ2v) is 6.40. The molecule has 0 bridgehead atoms. The topological polar surface area (TPSA) is 75.1 Å². The number of benzene rings is 2. The Morgan fingerprint density at radius 2 is 1.84 bits per heavy atom. The van der Waals surface area contributed by atoms with E-state index in [0.717, 1.165) is 5.56 Å². The smallest absolute Gasteiger partial charge is 0.387 e. The molecule has 0 radical (unpaired) electrons. The van der Waals surface area contributed by atoms with Crippen molar-refractivity contribution < 1.29 is 27.8 Å². The van der Waals surface area contributed by atoms with Crippen LogP contribution >= 0.6 is 24.0 Å². The van der Waals surface area contributed by atoms with E-state index < -0.39 is 12.7 Å². The summed E-state index contributed by atoms with van der Waals surface area (Å²) in [6.45, 7) is 0.258. The number of hydrogen-bond acceptors (Lipinski definition) is 4. The molecule has 0 saturated carbocycles. The molecule has 2 aromatic carbocycles. The van der Waals surface area contributed by atoms with Crippen LogP contribution in [0.1, 0.15) is 29.7 Å². The number of guanidine groups is 1. The Morgan fingerprint density at radius 3 is 2.45 bits per heavy atom. The highest BCUT2D eigenvalue weighted by Gasteiger charge is 2.10. The van der Waals surface area contributed by atoms with Gasteiger partial charge in [-0.3, -0.25) is 0 Å². The van der Waals surface area contributed by atoms with Gasteiger partial charge in [0.05, 0.1) is 19.3 Å². The highest BCUT2D eigenvalue weighted by atomic mass is 127. The monoisotopic (exact) mass is 553 g/mol. The lowest BCUT2D eigenvalue weighted by molar-refractivity contribution is -0.0498. The van der Waals surface area contributed by atoms with E-state index in [1.807, 2.05) is 6.92 Å². The van der Waals surface area contributed by atoms with E-state index in [0.29, 0.717) is 30.2 Å². The Labute approximate surface area is 196 Å². The third-order valence-electron chi connectivity index (χ3n) is 4.13. The Morgan fingerprint density at radius 1 is 1.13 bits per heavy atom. The predicted octanol–water partition coefficient (Wildman–Crippen LogP) is 3.98. The first kappa shape index (κ1) is 27.0. The zero-order chi connectivity index (χ0) is 21.9. The van der Waals surface area contributed by atoms with Crippen LogP contribution in [0.5, 0.6) is 5.75 Å². The van der Waals surface area contributed by atoms with Gasteiger partial charge in [-0.1, -0.05) is 18.2 Å². The lowest BCUT2D eigenvalue weighted by atomic mass is 10.1. The van der Waals surface area contributed by atoms with Gasteiger partial charge in [0.25, 0.3) is 0 Å². The molecule has 0 aliphatic carbocycles. The molecule has 31 heavy (non-hydrogen) atoms. The minimum atomic E-state index is -2.90. The van der Waals surface area contributed by atoms with Crippen LogP contribution in [0.15, 0.2) is 47.5 Å². The number of methoxy groups -OCH3 is 1. The maximum Gasteiger partial charge on any atom is 0.387 e. The molecule has 6 nitrogen and oxygen atoms in total. The van der Waals surface area contributed by atoms with E-state index in [4.69, 9.17) is 4.74 Å². The molecule has 0 saturated heterocycles. The molecule has 10 heteroatoms. The molecule has 2 aromatic rings. The van der Waals surface area contributed by atoms with Crippen molar-refractivity contribution in [3.63, 3.8) is 0 Å². The van der Waals surface area contributed by atoms with E-state index in [1.54, 1.807) is 12.1 Å². The molecule has 0 aromatic heterocycles. The van der Waals surface area contributed by atoms with E-state index in [2.05, 4.69) is 20.4 Å². The van der Waals surface area contributed by atoms with Crippen LogP contribution in [0, 0.1) is 5.82 Å². The highest BCUT2D eigenvalue weighted by molar-refractivity contribution is 14.0. The van der Waals surface area contributed by atoms with E-state index in [1.165, 1.54) is 37.4 Å². The first-order valence-corrected chi connectivity index (χ1v) is 9.44. The van der Waals surface area contributed by atoms with Crippen LogP contribution in [-0.4, -0.2) is 37.9 Å². The van der Waals surface area contributed by atoms with Crippen LogP contribution in [-0.2, 0) is 17.9 Å². The Balaban J connectivity index is 0.00000480. The van der Waals surface area contributed by atoms with Crippen molar-refractivity contribution >= 4 is 29.9 Å². The van der Waals surface area contributed by atoms with Gasteiger partial charge in [0, 0.05) is 25.8 Å². The fourth-order valence-electron chi connectivity index (χ4n) is 2.69. The Hall–Kier alpha value is -2.05. The fraction of sp³-hybridized carbons (Fsp3) is 0.381. The van der Waals surface area contributed by atoms with Gasteiger partial charge >= 0.3 is 6.61 Å². The van der Waals surface area contributed by atoms with Gasteiger partial charge < -0.3 is 25.2 Å². The summed E-state index contributed by atoms with van der Waals surface area (Å²) in [5.41, 5.74) is 1.82. The standard InChI is InChI=1S/C21H26F3N3O3.HI/c1-3-25-21(26-11-14-4-9-18(22)16(10-14)13-29-2)27-12-19(28)15-5-7-17(8-6-15)30-20(23)24;/h4-10,19-20,28H,3,11-13H2,1-2H3,(H2,25,26,27);1H. The second-order valence-electron chi connectivity index (χ2n) is 6.40. The highest BCUT2D eigenvalue weighted by Crippen LogP contribution is 2.19. The van der Waals surface area contributed by atoms with E-state index in [9.17, 15) is 18.3 Å². The van der Waals surface area contributed by atoms with Gasteiger partial charge in [0.2, 0.25) is 0 Å². The van der Waals surface area contributed by atoms with Gasteiger partial charge in [-0.05, 0) is 42.3 Å². The Bertz CT molecular complexity index is 823. The summed E-state index contributed by atoms with van der Waals surface area (Å²) in [6.07, 6.45) is -0.881. The summed E-state index contributed by atoms with van der Waals surface area (Å²) in [5.74, 6) is 0.172. The van der Waals surface area contributed by atoms with Crippen molar-refractivity contribution in [1.82, 2.24) is 10.6 Å².